The van der Waals surface area contributed by atoms with Gasteiger partial charge in [-0.25, -0.2) is 4.57 Å². The molecule has 0 saturated heterocycles. The van der Waals surface area contributed by atoms with E-state index in [1.165, 1.54) is 295 Å². The standard InChI is InChI=1S/C81H153N2O6P/c1-6-8-10-12-14-16-18-20-22-24-26-28-30-32-34-36-37-38-39-40-41-42-43-44-45-47-49-51-53-55-57-59-61-63-65-67-69-71-73-75-81(85)82-79(78-89-90(86,87)88-77-76-83(3,4)5)80(84)74-72-70-68-66-64-62-60-58-56-54-52-50-48-46-35-33-31-29-27-25-23-21-19-17-15-13-11-9-7-2/h8,10,14,16,20,22,26,28,32,34,72,74,79-80,84H,6-7,9,11-13,15,17-19,21,23-25,27,29-31,33,35-71,73,75-78H2,1-5H3,(H-,82,85,86,87)/p+1/b10-8-,16-14-,22-20-,28-26-,34-32-,74-72+. The van der Waals surface area contributed by atoms with Crippen molar-refractivity contribution >= 4 is 13.7 Å². The number of likely N-dealkylation sites (N-methyl/N-ethyl adjacent to an activating group) is 1. The summed E-state index contributed by atoms with van der Waals surface area (Å²) >= 11 is 0. The largest absolute Gasteiger partial charge is 0.472 e. The molecule has 8 nitrogen and oxygen atoms in total. The maximum atomic E-state index is 13.1. The second-order valence-electron chi connectivity index (χ2n) is 28.1. The number of phosphoric acid groups is 1. The molecule has 3 unspecified atom stereocenters. The fourth-order valence-electron chi connectivity index (χ4n) is 11.9. The number of hydrogen-bond acceptors (Lipinski definition) is 5. The Labute approximate surface area is 561 Å². The van der Waals surface area contributed by atoms with E-state index in [0.717, 1.165) is 70.6 Å². The molecule has 9 heteroatoms. The number of hydrogen-bond donors (Lipinski definition) is 3. The summed E-state index contributed by atoms with van der Waals surface area (Å²) in [5.41, 5.74) is 0. The highest BCUT2D eigenvalue weighted by Gasteiger charge is 2.28. The van der Waals surface area contributed by atoms with Crippen molar-refractivity contribution < 1.29 is 32.9 Å². The normalized spacial score (nSPS) is 13.9. The van der Waals surface area contributed by atoms with Crippen molar-refractivity contribution in [2.75, 3.05) is 40.9 Å². The smallest absolute Gasteiger partial charge is 0.387 e. The Balaban J connectivity index is 3.95. The minimum Gasteiger partial charge on any atom is -0.387 e. The van der Waals surface area contributed by atoms with Crippen LogP contribution >= 0.6 is 7.82 Å². The van der Waals surface area contributed by atoms with Crippen LogP contribution in [0, 0.1) is 0 Å². The first-order chi connectivity index (χ1) is 44.0. The van der Waals surface area contributed by atoms with Crippen LogP contribution in [0.2, 0.25) is 0 Å². The van der Waals surface area contributed by atoms with Crippen LogP contribution in [0.1, 0.15) is 386 Å². The Morgan fingerprint density at radius 1 is 0.389 bits per heavy atom. The zero-order valence-corrected chi connectivity index (χ0v) is 61.5. The summed E-state index contributed by atoms with van der Waals surface area (Å²) in [4.78, 5) is 23.5. The minimum atomic E-state index is -4.36. The molecule has 0 aromatic carbocycles. The molecule has 0 saturated carbocycles. The molecule has 3 N–H and O–H groups in total. The van der Waals surface area contributed by atoms with E-state index >= 15 is 0 Å². The number of aliphatic hydroxyl groups excluding tert-OH is 1. The van der Waals surface area contributed by atoms with Crippen LogP contribution < -0.4 is 5.32 Å². The first-order valence-corrected chi connectivity index (χ1v) is 40.8. The molecule has 0 aliphatic rings. The van der Waals surface area contributed by atoms with E-state index < -0.39 is 20.0 Å². The lowest BCUT2D eigenvalue weighted by molar-refractivity contribution is -0.870. The monoisotopic (exact) mass is 1280 g/mol. The van der Waals surface area contributed by atoms with Crippen LogP contribution in [0.3, 0.4) is 0 Å². The SMILES string of the molecule is CC/C=C\C/C=C\C/C=C\C/C=C\C/C=C\CCCCCCCCCCCCCCCCCCCCCCCCCC(=O)NC(COP(=O)(O)OCC[N+](C)(C)C)C(O)/C=C/CCCCCCCCCCCCCCCCCCCCCCCCCCCCC. The zero-order valence-electron chi connectivity index (χ0n) is 60.6. The maximum Gasteiger partial charge on any atom is 0.472 e. The van der Waals surface area contributed by atoms with Gasteiger partial charge in [0.2, 0.25) is 5.91 Å². The van der Waals surface area contributed by atoms with Gasteiger partial charge in [-0.3, -0.25) is 13.8 Å². The molecule has 0 radical (unpaired) electrons. The number of allylic oxidation sites excluding steroid dienone is 11. The maximum absolute atomic E-state index is 13.1. The van der Waals surface area contributed by atoms with Gasteiger partial charge in [0.1, 0.15) is 13.2 Å². The Bertz CT molecular complexity index is 1700. The molecule has 90 heavy (non-hydrogen) atoms. The molecule has 0 rings (SSSR count). The molecule has 0 aliphatic heterocycles. The molecule has 528 valence electrons. The number of unbranched alkanes of at least 4 members (excludes halogenated alkanes) is 50. The van der Waals surface area contributed by atoms with Gasteiger partial charge in [-0.05, 0) is 64.2 Å². The number of carbonyl (C=O) groups excluding carboxylic acids is 1. The third kappa shape index (κ3) is 73.4. The summed E-state index contributed by atoms with van der Waals surface area (Å²) in [5.74, 6) is -0.170. The van der Waals surface area contributed by atoms with Crippen molar-refractivity contribution in [1.29, 1.82) is 0 Å². The van der Waals surface area contributed by atoms with Gasteiger partial charge in [0.05, 0.1) is 39.9 Å². The predicted octanol–water partition coefficient (Wildman–Crippen LogP) is 25.7. The number of phosphoric ester groups is 1. The second-order valence-corrected chi connectivity index (χ2v) is 29.5. The summed E-state index contributed by atoms with van der Waals surface area (Å²) in [5, 5.41) is 14.1. The van der Waals surface area contributed by atoms with Gasteiger partial charge in [-0.15, -0.1) is 0 Å². The van der Waals surface area contributed by atoms with Gasteiger partial charge >= 0.3 is 7.82 Å². The van der Waals surface area contributed by atoms with Crippen LogP contribution in [-0.2, 0) is 18.4 Å². The van der Waals surface area contributed by atoms with Crippen molar-refractivity contribution in [3.8, 4) is 0 Å². The van der Waals surface area contributed by atoms with Gasteiger partial charge < -0.3 is 19.8 Å². The Morgan fingerprint density at radius 3 is 0.978 bits per heavy atom. The van der Waals surface area contributed by atoms with E-state index in [1.807, 2.05) is 27.2 Å². The molecule has 0 spiro atoms. The molecule has 0 aliphatic carbocycles. The molecule has 0 aromatic heterocycles. The van der Waals surface area contributed by atoms with E-state index in [9.17, 15) is 19.4 Å². The van der Waals surface area contributed by atoms with Gasteiger partial charge in [0.15, 0.2) is 0 Å². The fourth-order valence-corrected chi connectivity index (χ4v) is 12.6. The van der Waals surface area contributed by atoms with E-state index in [-0.39, 0.29) is 19.1 Å². The molecular weight excluding hydrogens is 1130 g/mol. The summed E-state index contributed by atoms with van der Waals surface area (Å²) in [6.45, 7) is 4.76. The number of rotatable bonds is 73. The third-order valence-corrected chi connectivity index (χ3v) is 18.9. The van der Waals surface area contributed by atoms with Crippen molar-refractivity contribution in [1.82, 2.24) is 5.32 Å². The number of nitrogens with zero attached hydrogens (tertiary/aromatic N) is 1. The third-order valence-electron chi connectivity index (χ3n) is 17.9. The second kappa shape index (κ2) is 71.2. The Hall–Kier alpha value is -2.06. The van der Waals surface area contributed by atoms with Crippen LogP contribution in [0.5, 0.6) is 0 Å². The molecule has 0 heterocycles. The molecule has 0 aromatic rings. The summed E-state index contributed by atoms with van der Waals surface area (Å²) in [6.07, 6.45) is 101. The summed E-state index contributed by atoms with van der Waals surface area (Å²) in [7, 11) is 1.59. The zero-order chi connectivity index (χ0) is 65.5. The summed E-state index contributed by atoms with van der Waals surface area (Å²) < 4.78 is 23.9. The highest BCUT2D eigenvalue weighted by atomic mass is 31.2. The van der Waals surface area contributed by atoms with Crippen LogP contribution in [-0.4, -0.2) is 73.4 Å². The molecule has 1 amide bonds. The predicted molar refractivity (Wildman–Crippen MR) is 397 cm³/mol. The van der Waals surface area contributed by atoms with Crippen LogP contribution in [0.4, 0.5) is 0 Å². The van der Waals surface area contributed by atoms with Gasteiger partial charge in [0.25, 0.3) is 0 Å². The first kappa shape index (κ1) is 87.9. The van der Waals surface area contributed by atoms with E-state index in [4.69, 9.17) is 9.05 Å². The topological polar surface area (TPSA) is 105 Å². The lowest BCUT2D eigenvalue weighted by Crippen LogP contribution is -2.45. The van der Waals surface area contributed by atoms with Crippen LogP contribution in [0.25, 0.3) is 0 Å². The molecule has 0 fully saturated rings. The van der Waals surface area contributed by atoms with Crippen molar-refractivity contribution in [2.24, 2.45) is 0 Å². The molecule has 0 bridgehead atoms. The highest BCUT2D eigenvalue weighted by Crippen LogP contribution is 2.43. The van der Waals surface area contributed by atoms with Gasteiger partial charge in [-0.1, -0.05) is 389 Å². The average molecular weight is 1280 g/mol. The highest BCUT2D eigenvalue weighted by molar-refractivity contribution is 7.47. The lowest BCUT2D eigenvalue weighted by Gasteiger charge is -2.25. The fraction of sp³-hybridized carbons (Fsp3) is 0.840. The van der Waals surface area contributed by atoms with Gasteiger partial charge in [-0.2, -0.15) is 0 Å². The van der Waals surface area contributed by atoms with E-state index in [2.05, 4.69) is 79.9 Å². The molecular formula is C81H154N2O6P+. The van der Waals surface area contributed by atoms with E-state index in [1.54, 1.807) is 6.08 Å². The number of quaternary nitrogens is 1. The Morgan fingerprint density at radius 2 is 0.667 bits per heavy atom. The van der Waals surface area contributed by atoms with Crippen molar-refractivity contribution in [2.45, 2.75) is 398 Å². The number of aliphatic hydroxyl groups is 1. The first-order valence-electron chi connectivity index (χ1n) is 39.3. The number of nitrogens with one attached hydrogen (secondary N) is 1. The van der Waals surface area contributed by atoms with Crippen molar-refractivity contribution in [3.05, 3.63) is 72.9 Å². The summed E-state index contributed by atoms with van der Waals surface area (Å²) in [6, 6.07) is -0.849. The molecule has 3 atom stereocenters. The number of carbonyl (C=O) groups is 1. The van der Waals surface area contributed by atoms with Crippen molar-refractivity contribution in [3.63, 3.8) is 0 Å². The lowest BCUT2D eigenvalue weighted by atomic mass is 10.0. The Kier molecular flexibility index (Phi) is 69.6. The van der Waals surface area contributed by atoms with E-state index in [0.29, 0.717) is 17.4 Å². The minimum absolute atomic E-state index is 0.0625. The quantitative estimate of drug-likeness (QED) is 0.0243. The number of amides is 1. The van der Waals surface area contributed by atoms with Gasteiger partial charge in [0, 0.05) is 6.42 Å². The average Bonchev–Trinajstić information content (AvgIpc) is 3.72. The van der Waals surface area contributed by atoms with Crippen LogP contribution in [0.15, 0.2) is 72.9 Å².